The van der Waals surface area contributed by atoms with E-state index in [1.54, 1.807) is 25.1 Å². The number of hydrogen-bond donors (Lipinski definition) is 1. The summed E-state index contributed by atoms with van der Waals surface area (Å²) in [6.45, 7) is 2.86. The molecule has 1 saturated heterocycles. The van der Waals surface area contributed by atoms with Crippen LogP contribution in [0, 0.1) is 5.41 Å². The molecule has 2 aromatic rings. The van der Waals surface area contributed by atoms with Crippen molar-refractivity contribution in [2.24, 2.45) is 5.41 Å². The summed E-state index contributed by atoms with van der Waals surface area (Å²) in [5, 5.41) is 20.1. The van der Waals surface area contributed by atoms with E-state index in [0.717, 1.165) is 10.7 Å². The summed E-state index contributed by atoms with van der Waals surface area (Å²) in [6.07, 6.45) is 0.597. The van der Waals surface area contributed by atoms with Gasteiger partial charge in [0, 0.05) is 28.7 Å². The van der Waals surface area contributed by atoms with Crippen molar-refractivity contribution in [3.05, 3.63) is 28.2 Å². The molecule has 8 heteroatoms. The van der Waals surface area contributed by atoms with Gasteiger partial charge in [0.2, 0.25) is 5.13 Å². The normalized spacial score (nSPS) is 21.3. The van der Waals surface area contributed by atoms with Crippen LogP contribution in [-0.4, -0.2) is 34.4 Å². The van der Waals surface area contributed by atoms with E-state index >= 15 is 0 Å². The van der Waals surface area contributed by atoms with Crippen LogP contribution in [0.15, 0.2) is 18.2 Å². The summed E-state index contributed by atoms with van der Waals surface area (Å²) < 4.78 is 0. The van der Waals surface area contributed by atoms with Crippen molar-refractivity contribution in [3.8, 4) is 10.6 Å². The number of carbonyl (C=O) groups is 1. The average molecular weight is 358 g/mol. The molecule has 1 unspecified atom stereocenters. The fourth-order valence-corrected chi connectivity index (χ4v) is 3.82. The summed E-state index contributed by atoms with van der Waals surface area (Å²) in [6, 6.07) is 5.22. The van der Waals surface area contributed by atoms with Crippen LogP contribution in [0.3, 0.4) is 0 Å². The number of carboxylic acid groups (broad SMARTS) is 1. The second-order valence-electron chi connectivity index (χ2n) is 5.59. The van der Waals surface area contributed by atoms with E-state index in [-0.39, 0.29) is 0 Å². The van der Waals surface area contributed by atoms with Crippen LogP contribution in [0.1, 0.15) is 13.3 Å². The molecule has 1 N–H and O–H groups in total. The molecular weight excluding hydrogens is 345 g/mol. The van der Waals surface area contributed by atoms with E-state index in [1.165, 1.54) is 11.3 Å². The lowest BCUT2D eigenvalue weighted by molar-refractivity contribution is -0.146. The van der Waals surface area contributed by atoms with Gasteiger partial charge in [0.25, 0.3) is 0 Å². The molecule has 3 rings (SSSR count). The molecule has 5 nitrogen and oxygen atoms in total. The average Bonchev–Trinajstić information content (AvgIpc) is 3.04. The zero-order chi connectivity index (χ0) is 15.9. The summed E-state index contributed by atoms with van der Waals surface area (Å²) >= 11 is 13.4. The third-order valence-electron chi connectivity index (χ3n) is 3.78. The highest BCUT2D eigenvalue weighted by Crippen LogP contribution is 2.37. The van der Waals surface area contributed by atoms with Gasteiger partial charge in [-0.05, 0) is 31.5 Å². The molecule has 116 valence electrons. The lowest BCUT2D eigenvalue weighted by atomic mass is 9.90. The van der Waals surface area contributed by atoms with E-state index in [0.29, 0.717) is 34.6 Å². The van der Waals surface area contributed by atoms with E-state index in [9.17, 15) is 9.90 Å². The Balaban J connectivity index is 1.84. The van der Waals surface area contributed by atoms with Crippen molar-refractivity contribution in [1.82, 2.24) is 10.2 Å². The minimum atomic E-state index is -0.777. The molecule has 1 aromatic carbocycles. The number of halogens is 2. The number of hydrogen-bond acceptors (Lipinski definition) is 5. The minimum absolute atomic E-state index is 0.438. The Labute approximate surface area is 141 Å². The zero-order valence-corrected chi connectivity index (χ0v) is 14.0. The van der Waals surface area contributed by atoms with Crippen molar-refractivity contribution in [3.63, 3.8) is 0 Å². The van der Waals surface area contributed by atoms with E-state index < -0.39 is 11.4 Å². The molecule has 0 aliphatic carbocycles. The third-order valence-corrected chi connectivity index (χ3v) is 5.25. The monoisotopic (exact) mass is 357 g/mol. The zero-order valence-electron chi connectivity index (χ0n) is 11.7. The number of aromatic nitrogens is 2. The first-order valence-corrected chi connectivity index (χ1v) is 8.23. The molecule has 22 heavy (non-hydrogen) atoms. The maximum Gasteiger partial charge on any atom is 0.311 e. The van der Waals surface area contributed by atoms with Gasteiger partial charge in [-0.15, -0.1) is 10.2 Å². The van der Waals surface area contributed by atoms with Crippen molar-refractivity contribution in [2.45, 2.75) is 13.3 Å². The standard InChI is InChI=1S/C14H13Cl2N3O2S/c1-14(12(20)21)2-3-19(7-14)13-18-17-11(22-13)8-4-9(15)6-10(16)5-8/h4-6H,2-3,7H2,1H3,(H,20,21). The predicted molar refractivity (Wildman–Crippen MR) is 87.9 cm³/mol. The second-order valence-corrected chi connectivity index (χ2v) is 7.41. The molecule has 1 aliphatic rings. The lowest BCUT2D eigenvalue weighted by Gasteiger charge is -2.18. The molecule has 0 amide bonds. The van der Waals surface area contributed by atoms with Crippen LogP contribution in [0.2, 0.25) is 10.0 Å². The number of anilines is 1. The highest BCUT2D eigenvalue weighted by atomic mass is 35.5. The van der Waals surface area contributed by atoms with Gasteiger partial charge >= 0.3 is 5.97 Å². The largest absolute Gasteiger partial charge is 0.481 e. The van der Waals surface area contributed by atoms with E-state index in [2.05, 4.69) is 10.2 Å². The Morgan fingerprint density at radius 3 is 2.59 bits per heavy atom. The summed E-state index contributed by atoms with van der Waals surface area (Å²) in [7, 11) is 0. The summed E-state index contributed by atoms with van der Waals surface area (Å²) in [5.41, 5.74) is 0.0759. The summed E-state index contributed by atoms with van der Waals surface area (Å²) in [4.78, 5) is 13.3. The van der Waals surface area contributed by atoms with Crippen LogP contribution in [0.4, 0.5) is 5.13 Å². The van der Waals surface area contributed by atoms with Gasteiger partial charge in [-0.2, -0.15) is 0 Å². The third kappa shape index (κ3) is 2.91. The molecule has 0 spiro atoms. The Kier molecular flexibility index (Phi) is 4.01. The summed E-state index contributed by atoms with van der Waals surface area (Å²) in [5.74, 6) is -0.777. The molecular formula is C14H13Cl2N3O2S. The Bertz CT molecular complexity index is 716. The highest BCUT2D eigenvalue weighted by Gasteiger charge is 2.41. The molecule has 1 aliphatic heterocycles. The first kappa shape index (κ1) is 15.5. The van der Waals surface area contributed by atoms with Crippen molar-refractivity contribution >= 4 is 45.6 Å². The minimum Gasteiger partial charge on any atom is -0.481 e. The number of carboxylic acids is 1. The number of rotatable bonds is 3. The Morgan fingerprint density at radius 1 is 1.32 bits per heavy atom. The van der Waals surface area contributed by atoms with Gasteiger partial charge in [-0.3, -0.25) is 4.79 Å². The quantitative estimate of drug-likeness (QED) is 0.904. The molecule has 1 atom stereocenters. The van der Waals surface area contributed by atoms with Crippen LogP contribution >= 0.6 is 34.5 Å². The van der Waals surface area contributed by atoms with Gasteiger partial charge in [-0.1, -0.05) is 34.5 Å². The van der Waals surface area contributed by atoms with Gasteiger partial charge in [-0.25, -0.2) is 0 Å². The van der Waals surface area contributed by atoms with E-state index in [1.807, 2.05) is 4.90 Å². The molecule has 0 radical (unpaired) electrons. The topological polar surface area (TPSA) is 66.3 Å². The lowest BCUT2D eigenvalue weighted by Crippen LogP contribution is -2.31. The van der Waals surface area contributed by atoms with Gasteiger partial charge < -0.3 is 10.0 Å². The maximum atomic E-state index is 11.3. The van der Waals surface area contributed by atoms with Gasteiger partial charge in [0.05, 0.1) is 5.41 Å². The first-order chi connectivity index (χ1) is 10.4. The van der Waals surface area contributed by atoms with E-state index in [4.69, 9.17) is 23.2 Å². The molecule has 2 heterocycles. The molecule has 0 saturated carbocycles. The van der Waals surface area contributed by atoms with Gasteiger partial charge in [0.15, 0.2) is 0 Å². The van der Waals surface area contributed by atoms with Crippen molar-refractivity contribution < 1.29 is 9.90 Å². The number of nitrogens with zero attached hydrogens (tertiary/aromatic N) is 3. The van der Waals surface area contributed by atoms with Gasteiger partial charge in [0.1, 0.15) is 5.01 Å². The number of benzene rings is 1. The maximum absolute atomic E-state index is 11.3. The smallest absolute Gasteiger partial charge is 0.311 e. The fourth-order valence-electron chi connectivity index (χ4n) is 2.44. The molecule has 0 bridgehead atoms. The highest BCUT2D eigenvalue weighted by molar-refractivity contribution is 7.18. The van der Waals surface area contributed by atoms with Crippen LogP contribution < -0.4 is 4.90 Å². The molecule has 1 fully saturated rings. The van der Waals surface area contributed by atoms with Crippen LogP contribution in [0.5, 0.6) is 0 Å². The van der Waals surface area contributed by atoms with Crippen molar-refractivity contribution in [2.75, 3.05) is 18.0 Å². The van der Waals surface area contributed by atoms with Crippen molar-refractivity contribution in [1.29, 1.82) is 0 Å². The Morgan fingerprint density at radius 2 is 2.00 bits per heavy atom. The Hall–Kier alpha value is -1.37. The first-order valence-electron chi connectivity index (χ1n) is 6.66. The van der Waals surface area contributed by atoms with Crippen LogP contribution in [-0.2, 0) is 4.79 Å². The van der Waals surface area contributed by atoms with Crippen LogP contribution in [0.25, 0.3) is 10.6 Å². The predicted octanol–water partition coefficient (Wildman–Crippen LogP) is 3.81. The molecule has 1 aromatic heterocycles. The fraction of sp³-hybridized carbons (Fsp3) is 0.357. The SMILES string of the molecule is CC1(C(=O)O)CCN(c2nnc(-c3cc(Cl)cc(Cl)c3)s2)C1. The number of aliphatic carboxylic acids is 1. The second kappa shape index (κ2) is 5.68.